The number of pyridine rings is 1. The number of nitrogens with one attached hydrogen (secondary N) is 1. The van der Waals surface area contributed by atoms with Crippen molar-refractivity contribution in [3.63, 3.8) is 0 Å². The van der Waals surface area contributed by atoms with Crippen molar-refractivity contribution in [3.05, 3.63) is 41.8 Å². The van der Waals surface area contributed by atoms with Gasteiger partial charge in [-0.3, -0.25) is 9.78 Å². The summed E-state index contributed by atoms with van der Waals surface area (Å²) in [6, 6.07) is 5.74. The standard InChI is InChI=1S/C18H19FN2O3/c19-13-10-12-6-5-9-20-15(12)14(11-13)16(22)21-18(17(23)24)7-3-1-2-4-8-18/h5-6,9-11H,1-4,7-8H2,(H,21,22)(H,23,24). The van der Waals surface area contributed by atoms with Crippen molar-refractivity contribution >= 4 is 22.8 Å². The highest BCUT2D eigenvalue weighted by Gasteiger charge is 2.40. The molecule has 1 amide bonds. The number of aromatic nitrogens is 1. The molecule has 1 fully saturated rings. The zero-order valence-electron chi connectivity index (χ0n) is 13.2. The summed E-state index contributed by atoms with van der Waals surface area (Å²) in [5, 5.41) is 12.8. The lowest BCUT2D eigenvalue weighted by Gasteiger charge is -2.29. The molecule has 0 bridgehead atoms. The van der Waals surface area contributed by atoms with Gasteiger partial charge in [-0.1, -0.05) is 31.7 Å². The fraction of sp³-hybridized carbons (Fsp3) is 0.389. The third-order valence-electron chi connectivity index (χ3n) is 4.63. The summed E-state index contributed by atoms with van der Waals surface area (Å²) in [6.07, 6.45) is 5.69. The number of benzene rings is 1. The molecule has 0 aliphatic heterocycles. The number of halogens is 1. The number of amides is 1. The Morgan fingerprint density at radius 2 is 1.88 bits per heavy atom. The number of carboxylic acid groups (broad SMARTS) is 1. The van der Waals surface area contributed by atoms with Gasteiger partial charge in [0.1, 0.15) is 11.4 Å². The largest absolute Gasteiger partial charge is 0.480 e. The van der Waals surface area contributed by atoms with E-state index in [0.717, 1.165) is 31.7 Å². The van der Waals surface area contributed by atoms with Gasteiger partial charge >= 0.3 is 5.97 Å². The quantitative estimate of drug-likeness (QED) is 0.847. The van der Waals surface area contributed by atoms with Gasteiger partial charge in [-0.2, -0.15) is 0 Å². The zero-order chi connectivity index (χ0) is 17.2. The zero-order valence-corrected chi connectivity index (χ0v) is 13.2. The summed E-state index contributed by atoms with van der Waals surface area (Å²) in [7, 11) is 0. The van der Waals surface area contributed by atoms with Crippen molar-refractivity contribution < 1.29 is 19.1 Å². The van der Waals surface area contributed by atoms with E-state index in [0.29, 0.717) is 23.7 Å². The normalized spacial score (nSPS) is 17.2. The molecular weight excluding hydrogens is 311 g/mol. The molecule has 2 aromatic rings. The fourth-order valence-corrected chi connectivity index (χ4v) is 3.34. The van der Waals surface area contributed by atoms with E-state index in [1.54, 1.807) is 12.1 Å². The number of hydrogen-bond donors (Lipinski definition) is 2. The molecule has 0 radical (unpaired) electrons. The molecule has 24 heavy (non-hydrogen) atoms. The van der Waals surface area contributed by atoms with Crippen LogP contribution in [0.5, 0.6) is 0 Å². The number of rotatable bonds is 3. The van der Waals surface area contributed by atoms with E-state index in [-0.39, 0.29) is 5.56 Å². The lowest BCUT2D eigenvalue weighted by Crippen LogP contribution is -2.54. The lowest BCUT2D eigenvalue weighted by molar-refractivity contribution is -0.145. The number of aliphatic carboxylic acids is 1. The summed E-state index contributed by atoms with van der Waals surface area (Å²) < 4.78 is 13.8. The van der Waals surface area contributed by atoms with E-state index < -0.39 is 23.2 Å². The second kappa shape index (κ2) is 6.55. The molecule has 0 spiro atoms. The number of carbonyl (C=O) groups is 2. The molecule has 1 aromatic heterocycles. The first kappa shape index (κ1) is 16.4. The predicted octanol–water partition coefficient (Wildman–Crippen LogP) is 3.28. The van der Waals surface area contributed by atoms with E-state index >= 15 is 0 Å². The Balaban J connectivity index is 1.98. The molecule has 1 saturated carbocycles. The maximum atomic E-state index is 13.8. The number of nitrogens with zero attached hydrogens (tertiary/aromatic N) is 1. The molecule has 2 N–H and O–H groups in total. The maximum absolute atomic E-state index is 13.8. The van der Waals surface area contributed by atoms with E-state index in [2.05, 4.69) is 10.3 Å². The third kappa shape index (κ3) is 3.09. The molecule has 1 aliphatic rings. The van der Waals surface area contributed by atoms with Crippen molar-refractivity contribution in [1.29, 1.82) is 0 Å². The van der Waals surface area contributed by atoms with Crippen LogP contribution in [-0.2, 0) is 4.79 Å². The Bertz CT molecular complexity index is 783. The van der Waals surface area contributed by atoms with E-state index in [4.69, 9.17) is 0 Å². The van der Waals surface area contributed by atoms with Crippen LogP contribution in [-0.4, -0.2) is 27.5 Å². The van der Waals surface area contributed by atoms with Gasteiger partial charge in [0.15, 0.2) is 0 Å². The van der Waals surface area contributed by atoms with E-state index in [9.17, 15) is 19.1 Å². The molecule has 3 rings (SSSR count). The van der Waals surface area contributed by atoms with Gasteiger partial charge in [-0.25, -0.2) is 9.18 Å². The van der Waals surface area contributed by atoms with Crippen LogP contribution in [0.1, 0.15) is 48.9 Å². The monoisotopic (exact) mass is 330 g/mol. The highest BCUT2D eigenvalue weighted by molar-refractivity contribution is 6.07. The van der Waals surface area contributed by atoms with Crippen LogP contribution in [0.4, 0.5) is 4.39 Å². The number of fused-ring (bicyclic) bond motifs is 1. The first-order valence-electron chi connectivity index (χ1n) is 8.12. The Morgan fingerprint density at radius 3 is 2.54 bits per heavy atom. The Morgan fingerprint density at radius 1 is 1.17 bits per heavy atom. The maximum Gasteiger partial charge on any atom is 0.329 e. The highest BCUT2D eigenvalue weighted by Crippen LogP contribution is 2.28. The summed E-state index contributed by atoms with van der Waals surface area (Å²) in [4.78, 5) is 28.7. The Kier molecular flexibility index (Phi) is 4.46. The van der Waals surface area contributed by atoms with Crippen molar-refractivity contribution in [2.75, 3.05) is 0 Å². The number of carbonyl (C=O) groups excluding carboxylic acids is 1. The van der Waals surface area contributed by atoms with Crippen LogP contribution in [0.25, 0.3) is 10.9 Å². The summed E-state index contributed by atoms with van der Waals surface area (Å²) in [5.74, 6) is -2.18. The SMILES string of the molecule is O=C(NC1(C(=O)O)CCCCCC1)c1cc(F)cc2cccnc12. The second-order valence-electron chi connectivity index (χ2n) is 6.28. The molecule has 6 heteroatoms. The van der Waals surface area contributed by atoms with Crippen LogP contribution < -0.4 is 5.32 Å². The van der Waals surface area contributed by atoms with Gasteiger partial charge in [-0.15, -0.1) is 0 Å². The molecule has 5 nitrogen and oxygen atoms in total. The molecular formula is C18H19FN2O3. The summed E-state index contributed by atoms with van der Waals surface area (Å²) >= 11 is 0. The minimum atomic E-state index is -1.29. The smallest absolute Gasteiger partial charge is 0.329 e. The minimum Gasteiger partial charge on any atom is -0.480 e. The van der Waals surface area contributed by atoms with Crippen molar-refractivity contribution in [3.8, 4) is 0 Å². The minimum absolute atomic E-state index is 0.0653. The fourth-order valence-electron chi connectivity index (χ4n) is 3.34. The van der Waals surface area contributed by atoms with Crippen LogP contribution >= 0.6 is 0 Å². The average molecular weight is 330 g/mol. The van der Waals surface area contributed by atoms with Crippen LogP contribution in [0, 0.1) is 5.82 Å². The van der Waals surface area contributed by atoms with Gasteiger partial charge in [0.05, 0.1) is 11.1 Å². The molecule has 1 heterocycles. The molecule has 126 valence electrons. The predicted molar refractivity (Wildman–Crippen MR) is 87.2 cm³/mol. The van der Waals surface area contributed by atoms with Crippen LogP contribution in [0.3, 0.4) is 0 Å². The van der Waals surface area contributed by atoms with E-state index in [1.807, 2.05) is 0 Å². The number of carboxylic acids is 1. The molecule has 0 unspecified atom stereocenters. The van der Waals surface area contributed by atoms with Crippen molar-refractivity contribution in [2.24, 2.45) is 0 Å². The third-order valence-corrected chi connectivity index (χ3v) is 4.63. The molecule has 1 aromatic carbocycles. The van der Waals surface area contributed by atoms with E-state index in [1.165, 1.54) is 12.3 Å². The molecule has 1 aliphatic carbocycles. The summed E-state index contributed by atoms with van der Waals surface area (Å²) in [5.41, 5.74) is -0.859. The topological polar surface area (TPSA) is 79.3 Å². The van der Waals surface area contributed by atoms with Crippen LogP contribution in [0.15, 0.2) is 30.5 Å². The van der Waals surface area contributed by atoms with Gasteiger partial charge in [0.2, 0.25) is 0 Å². The van der Waals surface area contributed by atoms with Gasteiger partial charge < -0.3 is 10.4 Å². The Labute approximate surface area is 138 Å². The van der Waals surface area contributed by atoms with Crippen molar-refractivity contribution in [1.82, 2.24) is 10.3 Å². The molecule has 0 atom stereocenters. The first-order chi connectivity index (χ1) is 11.5. The number of hydrogen-bond acceptors (Lipinski definition) is 3. The highest BCUT2D eigenvalue weighted by atomic mass is 19.1. The molecule has 0 saturated heterocycles. The van der Waals surface area contributed by atoms with Gasteiger partial charge in [0.25, 0.3) is 5.91 Å². The Hall–Kier alpha value is -2.50. The van der Waals surface area contributed by atoms with Gasteiger partial charge in [-0.05, 0) is 31.0 Å². The van der Waals surface area contributed by atoms with Gasteiger partial charge in [0, 0.05) is 11.6 Å². The van der Waals surface area contributed by atoms with Crippen LogP contribution in [0.2, 0.25) is 0 Å². The second-order valence-corrected chi connectivity index (χ2v) is 6.28. The average Bonchev–Trinajstić information content (AvgIpc) is 2.80. The lowest BCUT2D eigenvalue weighted by atomic mass is 9.89. The summed E-state index contributed by atoms with van der Waals surface area (Å²) in [6.45, 7) is 0. The van der Waals surface area contributed by atoms with Crippen molar-refractivity contribution in [2.45, 2.75) is 44.1 Å². The first-order valence-corrected chi connectivity index (χ1v) is 8.12.